The van der Waals surface area contributed by atoms with Crippen molar-refractivity contribution in [3.63, 3.8) is 0 Å². The van der Waals surface area contributed by atoms with E-state index in [1.165, 1.54) is 11.1 Å². The Morgan fingerprint density at radius 3 is 2.53 bits per heavy atom. The first-order valence-electron chi connectivity index (χ1n) is 12.8. The van der Waals surface area contributed by atoms with E-state index in [2.05, 4.69) is 57.0 Å². The number of benzene rings is 3. The minimum Gasteiger partial charge on any atom is -0.493 e. The number of para-hydroxylation sites is 3. The van der Waals surface area contributed by atoms with Gasteiger partial charge in [0.1, 0.15) is 11.6 Å². The smallest absolute Gasteiger partial charge is 0.251 e. The Labute approximate surface area is 222 Å². The molecule has 1 N–H and O–H groups in total. The largest absolute Gasteiger partial charge is 0.493 e. The Balaban J connectivity index is 1.22. The first-order chi connectivity index (χ1) is 17.6. The van der Waals surface area contributed by atoms with Crippen LogP contribution in [-0.4, -0.2) is 28.6 Å². The zero-order valence-electron chi connectivity index (χ0n) is 20.9. The molecule has 5 nitrogen and oxygen atoms in total. The van der Waals surface area contributed by atoms with E-state index in [0.717, 1.165) is 73.2 Å². The van der Waals surface area contributed by atoms with E-state index < -0.39 is 0 Å². The number of ether oxygens (including phenoxy) is 1. The molecule has 3 aromatic carbocycles. The Hall–Kier alpha value is -3.12. The van der Waals surface area contributed by atoms with Gasteiger partial charge in [0.05, 0.1) is 17.6 Å². The third kappa shape index (κ3) is 7.20. The highest BCUT2D eigenvalue weighted by Gasteiger charge is 2.10. The predicted molar refractivity (Wildman–Crippen MR) is 150 cm³/mol. The van der Waals surface area contributed by atoms with Crippen LogP contribution in [0.15, 0.2) is 77.3 Å². The topological polar surface area (TPSA) is 56.1 Å². The van der Waals surface area contributed by atoms with Crippen molar-refractivity contribution in [2.75, 3.05) is 13.2 Å². The zero-order valence-corrected chi connectivity index (χ0v) is 22.5. The highest BCUT2D eigenvalue weighted by atomic mass is 79.9. The van der Waals surface area contributed by atoms with E-state index in [9.17, 15) is 4.79 Å². The van der Waals surface area contributed by atoms with Crippen LogP contribution in [0.2, 0.25) is 0 Å². The van der Waals surface area contributed by atoms with Crippen LogP contribution in [0.5, 0.6) is 5.75 Å². The molecular weight excluding hydrogens is 514 g/mol. The number of amides is 1. The molecule has 1 amide bonds. The van der Waals surface area contributed by atoms with Gasteiger partial charge in [0.25, 0.3) is 5.91 Å². The Bertz CT molecular complexity index is 1270. The number of aryl methyl sites for hydroxylation is 3. The minimum absolute atomic E-state index is 0.0179. The number of imidazole rings is 1. The van der Waals surface area contributed by atoms with E-state index in [1.54, 1.807) is 0 Å². The van der Waals surface area contributed by atoms with Crippen LogP contribution in [0.1, 0.15) is 53.8 Å². The average molecular weight is 549 g/mol. The fraction of sp³-hybridized carbons (Fsp3) is 0.333. The predicted octanol–water partition coefficient (Wildman–Crippen LogP) is 7.11. The maximum Gasteiger partial charge on any atom is 0.251 e. The van der Waals surface area contributed by atoms with E-state index in [0.29, 0.717) is 12.1 Å². The van der Waals surface area contributed by atoms with Gasteiger partial charge in [-0.2, -0.15) is 0 Å². The van der Waals surface area contributed by atoms with E-state index >= 15 is 0 Å². The number of carbonyl (C=O) groups is 1. The van der Waals surface area contributed by atoms with Crippen molar-refractivity contribution in [1.29, 1.82) is 0 Å². The Morgan fingerprint density at radius 2 is 1.69 bits per heavy atom. The monoisotopic (exact) mass is 547 g/mol. The molecule has 188 valence electrons. The van der Waals surface area contributed by atoms with Crippen molar-refractivity contribution in [2.24, 2.45) is 0 Å². The van der Waals surface area contributed by atoms with E-state index in [4.69, 9.17) is 9.72 Å². The first-order valence-corrected chi connectivity index (χ1v) is 13.6. The minimum atomic E-state index is -0.0179. The highest BCUT2D eigenvalue weighted by molar-refractivity contribution is 9.10. The molecule has 0 saturated carbocycles. The number of rotatable bonds is 13. The third-order valence-electron chi connectivity index (χ3n) is 6.33. The van der Waals surface area contributed by atoms with Crippen molar-refractivity contribution in [2.45, 2.75) is 52.0 Å². The maximum atomic E-state index is 12.2. The molecule has 0 saturated heterocycles. The second-order valence-corrected chi connectivity index (χ2v) is 9.98. The Morgan fingerprint density at radius 1 is 0.917 bits per heavy atom. The van der Waals surface area contributed by atoms with Crippen LogP contribution in [-0.2, 0) is 13.0 Å². The van der Waals surface area contributed by atoms with Gasteiger partial charge in [0.2, 0.25) is 0 Å². The molecule has 1 aromatic heterocycles. The van der Waals surface area contributed by atoms with Gasteiger partial charge in [-0.25, -0.2) is 4.98 Å². The third-order valence-corrected chi connectivity index (χ3v) is 6.86. The van der Waals surface area contributed by atoms with E-state index in [1.807, 2.05) is 48.5 Å². The van der Waals surface area contributed by atoms with Crippen LogP contribution >= 0.6 is 15.9 Å². The molecule has 4 aromatic rings. The van der Waals surface area contributed by atoms with E-state index in [-0.39, 0.29) is 5.91 Å². The van der Waals surface area contributed by atoms with Crippen molar-refractivity contribution in [3.8, 4) is 5.75 Å². The average Bonchev–Trinajstić information content (AvgIpc) is 3.24. The number of hydrogen-bond acceptors (Lipinski definition) is 3. The summed E-state index contributed by atoms with van der Waals surface area (Å²) in [5, 5.41) is 3.02. The molecule has 0 aliphatic heterocycles. The van der Waals surface area contributed by atoms with Gasteiger partial charge in [0, 0.05) is 29.5 Å². The molecule has 0 spiro atoms. The van der Waals surface area contributed by atoms with Crippen LogP contribution in [0.25, 0.3) is 11.0 Å². The zero-order chi connectivity index (χ0) is 25.2. The van der Waals surface area contributed by atoms with Crippen molar-refractivity contribution < 1.29 is 9.53 Å². The lowest BCUT2D eigenvalue weighted by molar-refractivity contribution is 0.0953. The normalized spacial score (nSPS) is 11.1. The summed E-state index contributed by atoms with van der Waals surface area (Å²) in [5.74, 6) is 2.10. The van der Waals surface area contributed by atoms with Crippen LogP contribution in [0.3, 0.4) is 0 Å². The SMILES string of the molecule is Cc1ccccc1OCCCCn1c(CCCCCNC(=O)c2ccc(Br)cc2)nc2ccccc21. The molecule has 0 aliphatic carbocycles. The van der Waals surface area contributed by atoms with Gasteiger partial charge in [0.15, 0.2) is 0 Å². The van der Waals surface area contributed by atoms with Gasteiger partial charge in [-0.1, -0.05) is 52.7 Å². The first kappa shape index (κ1) is 26.0. The number of halogens is 1. The summed E-state index contributed by atoms with van der Waals surface area (Å²) in [7, 11) is 0. The van der Waals surface area contributed by atoms with Gasteiger partial charge >= 0.3 is 0 Å². The number of nitrogens with one attached hydrogen (secondary N) is 1. The number of nitrogens with zero attached hydrogens (tertiary/aromatic N) is 2. The van der Waals surface area contributed by atoms with Crippen LogP contribution in [0.4, 0.5) is 0 Å². The molecule has 4 rings (SSSR count). The molecular formula is C30H34BrN3O2. The standard InChI is InChI=1S/C30H34BrN3O2/c1-23-11-4-7-14-28(23)36-22-10-9-21-34-27-13-6-5-12-26(27)33-29(34)15-3-2-8-20-32-30(35)24-16-18-25(31)19-17-24/h4-7,11-14,16-19H,2-3,8-10,15,20-22H2,1H3,(H,32,35). The second kappa shape index (κ2) is 13.3. The summed E-state index contributed by atoms with van der Waals surface area (Å²) in [6.45, 7) is 4.43. The molecule has 0 fully saturated rings. The van der Waals surface area contributed by atoms with Crippen molar-refractivity contribution >= 4 is 32.9 Å². The molecule has 0 aliphatic rings. The lowest BCUT2D eigenvalue weighted by Crippen LogP contribution is -2.24. The van der Waals surface area contributed by atoms with Gasteiger partial charge in [-0.3, -0.25) is 4.79 Å². The second-order valence-electron chi connectivity index (χ2n) is 9.06. The van der Waals surface area contributed by atoms with Crippen molar-refractivity contribution in [1.82, 2.24) is 14.9 Å². The molecule has 6 heteroatoms. The quantitative estimate of drug-likeness (QED) is 0.181. The number of fused-ring (bicyclic) bond motifs is 1. The summed E-state index contributed by atoms with van der Waals surface area (Å²) in [4.78, 5) is 17.2. The fourth-order valence-electron chi connectivity index (χ4n) is 4.33. The van der Waals surface area contributed by atoms with Gasteiger partial charge in [-0.05, 0) is 80.6 Å². The number of unbranched alkanes of at least 4 members (excludes halogenated alkanes) is 3. The van der Waals surface area contributed by atoms with Crippen LogP contribution in [0, 0.1) is 6.92 Å². The van der Waals surface area contributed by atoms with Crippen molar-refractivity contribution in [3.05, 3.63) is 94.2 Å². The molecule has 0 bridgehead atoms. The molecule has 0 radical (unpaired) electrons. The Kier molecular flexibility index (Phi) is 9.56. The van der Waals surface area contributed by atoms with Gasteiger partial charge in [-0.15, -0.1) is 0 Å². The molecule has 36 heavy (non-hydrogen) atoms. The summed E-state index contributed by atoms with van der Waals surface area (Å²) in [5.41, 5.74) is 4.13. The fourth-order valence-corrected chi connectivity index (χ4v) is 4.59. The van der Waals surface area contributed by atoms with Crippen LogP contribution < -0.4 is 10.1 Å². The molecule has 0 unspecified atom stereocenters. The number of aromatic nitrogens is 2. The highest BCUT2D eigenvalue weighted by Crippen LogP contribution is 2.20. The molecule has 1 heterocycles. The number of hydrogen-bond donors (Lipinski definition) is 1. The number of carbonyl (C=O) groups excluding carboxylic acids is 1. The lowest BCUT2D eigenvalue weighted by atomic mass is 10.1. The van der Waals surface area contributed by atoms with Gasteiger partial charge < -0.3 is 14.6 Å². The summed E-state index contributed by atoms with van der Waals surface area (Å²) in [6.07, 6.45) is 6.04. The summed E-state index contributed by atoms with van der Waals surface area (Å²) >= 11 is 3.40. The lowest BCUT2D eigenvalue weighted by Gasteiger charge is -2.11. The maximum absolute atomic E-state index is 12.2. The summed E-state index contributed by atoms with van der Waals surface area (Å²) < 4.78 is 9.32. The summed E-state index contributed by atoms with van der Waals surface area (Å²) in [6, 6.07) is 24.0. The molecule has 0 atom stereocenters.